The zero-order valence-electron chi connectivity index (χ0n) is 11.0. The number of nitrogens with two attached hydrogens (primary N) is 2. The molecule has 0 saturated heterocycles. The van der Waals surface area contributed by atoms with Gasteiger partial charge in [0.25, 0.3) is 5.91 Å². The van der Waals surface area contributed by atoms with Crippen molar-refractivity contribution in [3.8, 4) is 0 Å². The highest BCUT2D eigenvalue weighted by Crippen LogP contribution is 2.14. The van der Waals surface area contributed by atoms with Gasteiger partial charge in [-0.2, -0.15) is 5.10 Å². The van der Waals surface area contributed by atoms with E-state index in [9.17, 15) is 4.79 Å². The second-order valence-corrected chi connectivity index (χ2v) is 4.45. The molecule has 2 rings (SSSR count). The number of nitrogens with zero attached hydrogens (tertiary/aromatic N) is 2. The molecule has 0 aliphatic rings. The number of hydrogen-bond donors (Lipinski definition) is 3. The van der Waals surface area contributed by atoms with Gasteiger partial charge < -0.3 is 16.8 Å². The number of nitrogen functional groups attached to an aromatic ring is 2. The molecular weight excluding hydrogens is 242 g/mol. The molecule has 2 aromatic rings. The Balaban J connectivity index is 2.07. The van der Waals surface area contributed by atoms with Crippen LogP contribution in [0.5, 0.6) is 0 Å². The van der Waals surface area contributed by atoms with E-state index in [2.05, 4.69) is 10.4 Å². The predicted molar refractivity (Wildman–Crippen MR) is 74.4 cm³/mol. The van der Waals surface area contributed by atoms with Gasteiger partial charge in [0.2, 0.25) is 0 Å². The number of aromatic nitrogens is 2. The molecule has 0 unspecified atom stereocenters. The minimum atomic E-state index is -0.206. The number of benzene rings is 1. The molecule has 5 N–H and O–H groups in total. The molecule has 19 heavy (non-hydrogen) atoms. The summed E-state index contributed by atoms with van der Waals surface area (Å²) < 4.78 is 1.76. The molecule has 0 fully saturated rings. The SMILES string of the molecule is Cc1c(CNC(=O)c2cc(N)cc(N)c2)cnn1C. The van der Waals surface area contributed by atoms with Crippen LogP contribution in [0, 0.1) is 6.92 Å². The van der Waals surface area contributed by atoms with Crippen LogP contribution in [0.25, 0.3) is 0 Å². The van der Waals surface area contributed by atoms with Crippen molar-refractivity contribution in [2.24, 2.45) is 7.05 Å². The summed E-state index contributed by atoms with van der Waals surface area (Å²) in [6.45, 7) is 2.38. The summed E-state index contributed by atoms with van der Waals surface area (Å²) in [5.74, 6) is -0.206. The molecule has 0 atom stereocenters. The highest BCUT2D eigenvalue weighted by Gasteiger charge is 2.09. The van der Waals surface area contributed by atoms with Crippen molar-refractivity contribution in [2.45, 2.75) is 13.5 Å². The molecule has 0 radical (unpaired) electrons. The van der Waals surface area contributed by atoms with Gasteiger partial charge in [0, 0.05) is 41.8 Å². The van der Waals surface area contributed by atoms with Crippen LogP contribution in [0.15, 0.2) is 24.4 Å². The molecule has 0 spiro atoms. The number of amides is 1. The third-order valence-electron chi connectivity index (χ3n) is 3.02. The molecular formula is C13H17N5O. The maximum atomic E-state index is 12.0. The highest BCUT2D eigenvalue weighted by atomic mass is 16.1. The van der Waals surface area contributed by atoms with E-state index < -0.39 is 0 Å². The summed E-state index contributed by atoms with van der Waals surface area (Å²) in [5, 5.41) is 6.94. The van der Waals surface area contributed by atoms with Crippen LogP contribution in [0.3, 0.4) is 0 Å². The molecule has 1 heterocycles. The van der Waals surface area contributed by atoms with Gasteiger partial charge in [0.15, 0.2) is 0 Å². The number of anilines is 2. The summed E-state index contributed by atoms with van der Waals surface area (Å²) in [7, 11) is 1.86. The van der Waals surface area contributed by atoms with Crippen molar-refractivity contribution in [1.29, 1.82) is 0 Å². The van der Waals surface area contributed by atoms with Crippen molar-refractivity contribution < 1.29 is 4.79 Å². The minimum absolute atomic E-state index is 0.206. The Bertz CT molecular complexity index is 597. The number of carbonyl (C=O) groups excluding carboxylic acids is 1. The number of aryl methyl sites for hydroxylation is 1. The first-order valence-corrected chi connectivity index (χ1v) is 5.89. The van der Waals surface area contributed by atoms with Crippen molar-refractivity contribution in [1.82, 2.24) is 15.1 Å². The van der Waals surface area contributed by atoms with Crippen molar-refractivity contribution >= 4 is 17.3 Å². The van der Waals surface area contributed by atoms with Gasteiger partial charge >= 0.3 is 0 Å². The minimum Gasteiger partial charge on any atom is -0.399 e. The van der Waals surface area contributed by atoms with E-state index in [-0.39, 0.29) is 5.91 Å². The second-order valence-electron chi connectivity index (χ2n) is 4.45. The van der Waals surface area contributed by atoms with E-state index in [0.717, 1.165) is 11.3 Å². The zero-order valence-corrected chi connectivity index (χ0v) is 11.0. The first-order valence-electron chi connectivity index (χ1n) is 5.89. The largest absolute Gasteiger partial charge is 0.399 e. The summed E-state index contributed by atoms with van der Waals surface area (Å²) in [6, 6.07) is 4.81. The van der Waals surface area contributed by atoms with Gasteiger partial charge in [-0.1, -0.05) is 0 Å². The van der Waals surface area contributed by atoms with E-state index in [1.54, 1.807) is 29.1 Å². The zero-order chi connectivity index (χ0) is 14.0. The van der Waals surface area contributed by atoms with Crippen LogP contribution >= 0.6 is 0 Å². The molecule has 6 heteroatoms. The predicted octanol–water partition coefficient (Wildman–Crippen LogP) is 0.823. The standard InChI is InChI=1S/C13H17N5O/c1-8-10(7-17-18(8)2)6-16-13(19)9-3-11(14)5-12(15)4-9/h3-5,7H,6,14-15H2,1-2H3,(H,16,19). The number of nitrogens with one attached hydrogen (secondary N) is 1. The van der Waals surface area contributed by atoms with Crippen LogP contribution in [-0.2, 0) is 13.6 Å². The molecule has 1 aromatic carbocycles. The van der Waals surface area contributed by atoms with Crippen molar-refractivity contribution in [3.63, 3.8) is 0 Å². The van der Waals surface area contributed by atoms with E-state index in [0.29, 0.717) is 23.5 Å². The first kappa shape index (κ1) is 12.9. The maximum absolute atomic E-state index is 12.0. The number of hydrogen-bond acceptors (Lipinski definition) is 4. The first-order chi connectivity index (χ1) is 8.97. The van der Waals surface area contributed by atoms with E-state index in [1.807, 2.05) is 14.0 Å². The van der Waals surface area contributed by atoms with E-state index >= 15 is 0 Å². The van der Waals surface area contributed by atoms with Gasteiger partial charge in [0.05, 0.1) is 6.20 Å². The molecule has 0 aliphatic heterocycles. The summed E-state index contributed by atoms with van der Waals surface area (Å²) in [6.07, 6.45) is 1.74. The molecule has 1 aromatic heterocycles. The van der Waals surface area contributed by atoms with Crippen molar-refractivity contribution in [2.75, 3.05) is 11.5 Å². The van der Waals surface area contributed by atoms with Gasteiger partial charge in [-0.25, -0.2) is 0 Å². The Morgan fingerprint density at radius 3 is 2.47 bits per heavy atom. The Morgan fingerprint density at radius 2 is 1.95 bits per heavy atom. The lowest BCUT2D eigenvalue weighted by Gasteiger charge is -2.07. The van der Waals surface area contributed by atoms with Crippen LogP contribution in [0.2, 0.25) is 0 Å². The van der Waals surface area contributed by atoms with Crippen LogP contribution in [0.4, 0.5) is 11.4 Å². The number of rotatable bonds is 3. The highest BCUT2D eigenvalue weighted by molar-refractivity contribution is 5.96. The van der Waals surface area contributed by atoms with Gasteiger partial charge in [-0.15, -0.1) is 0 Å². The Kier molecular flexibility index (Phi) is 3.41. The lowest BCUT2D eigenvalue weighted by molar-refractivity contribution is 0.0951. The third kappa shape index (κ3) is 2.85. The summed E-state index contributed by atoms with van der Waals surface area (Å²) in [4.78, 5) is 12.0. The van der Waals surface area contributed by atoms with E-state index in [1.165, 1.54) is 0 Å². The molecule has 0 bridgehead atoms. The van der Waals surface area contributed by atoms with Crippen molar-refractivity contribution in [3.05, 3.63) is 41.2 Å². The molecule has 0 aliphatic carbocycles. The quantitative estimate of drug-likeness (QED) is 0.711. The Hall–Kier alpha value is -2.50. The molecule has 0 saturated carbocycles. The maximum Gasteiger partial charge on any atom is 0.251 e. The van der Waals surface area contributed by atoms with Gasteiger partial charge in [-0.3, -0.25) is 9.48 Å². The lowest BCUT2D eigenvalue weighted by atomic mass is 10.1. The fourth-order valence-corrected chi connectivity index (χ4v) is 1.80. The smallest absolute Gasteiger partial charge is 0.251 e. The number of carbonyl (C=O) groups is 1. The van der Waals surface area contributed by atoms with Crippen LogP contribution in [-0.4, -0.2) is 15.7 Å². The topological polar surface area (TPSA) is 99.0 Å². The fourth-order valence-electron chi connectivity index (χ4n) is 1.80. The summed E-state index contributed by atoms with van der Waals surface area (Å²) >= 11 is 0. The van der Waals surface area contributed by atoms with Gasteiger partial charge in [-0.05, 0) is 25.1 Å². The van der Waals surface area contributed by atoms with Gasteiger partial charge in [0.1, 0.15) is 0 Å². The van der Waals surface area contributed by atoms with Crippen LogP contribution < -0.4 is 16.8 Å². The lowest BCUT2D eigenvalue weighted by Crippen LogP contribution is -2.23. The fraction of sp³-hybridized carbons (Fsp3) is 0.231. The normalized spacial score (nSPS) is 10.4. The second kappa shape index (κ2) is 5.01. The molecule has 1 amide bonds. The Morgan fingerprint density at radius 1 is 1.32 bits per heavy atom. The average molecular weight is 259 g/mol. The van der Waals surface area contributed by atoms with E-state index in [4.69, 9.17) is 11.5 Å². The van der Waals surface area contributed by atoms with Crippen LogP contribution in [0.1, 0.15) is 21.6 Å². The third-order valence-corrected chi connectivity index (χ3v) is 3.02. The molecule has 6 nitrogen and oxygen atoms in total. The molecule has 100 valence electrons. The summed E-state index contributed by atoms with van der Waals surface area (Å²) in [5.41, 5.74) is 14.7. The monoisotopic (exact) mass is 259 g/mol. The average Bonchev–Trinajstić information content (AvgIpc) is 2.66. The Labute approximate surface area is 111 Å².